The summed E-state index contributed by atoms with van der Waals surface area (Å²) in [5.74, 6) is 0. The van der Waals surface area contributed by atoms with Crippen LogP contribution in [-0.2, 0) is 20.5 Å². The van der Waals surface area contributed by atoms with E-state index in [9.17, 15) is 21.6 Å². The molecule has 0 heterocycles. The molecule has 0 bridgehead atoms. The molecule has 8 heteroatoms. The van der Waals surface area contributed by atoms with E-state index in [-0.39, 0.29) is 11.6 Å². The van der Waals surface area contributed by atoms with Crippen molar-refractivity contribution >= 4 is 21.7 Å². The maximum absolute atomic E-state index is 12.6. The molecule has 0 saturated heterocycles. The van der Waals surface area contributed by atoms with Gasteiger partial charge in [-0.2, -0.15) is 21.6 Å². The minimum absolute atomic E-state index is 0.201. The van der Waals surface area contributed by atoms with Crippen LogP contribution < -0.4 is 0 Å². The predicted molar refractivity (Wildman–Crippen MR) is 55.3 cm³/mol. The zero-order valence-electron chi connectivity index (χ0n) is 8.58. The van der Waals surface area contributed by atoms with E-state index in [2.05, 4.69) is 4.18 Å². The van der Waals surface area contributed by atoms with Crippen LogP contribution in [0.3, 0.4) is 0 Å². The van der Waals surface area contributed by atoms with E-state index < -0.39 is 26.8 Å². The van der Waals surface area contributed by atoms with Crippen LogP contribution in [0.1, 0.15) is 12.5 Å². The van der Waals surface area contributed by atoms with Crippen molar-refractivity contribution in [1.29, 1.82) is 0 Å². The van der Waals surface area contributed by atoms with E-state index >= 15 is 0 Å². The third kappa shape index (κ3) is 3.34. The van der Waals surface area contributed by atoms with Gasteiger partial charge in [0.05, 0.1) is 12.2 Å². The molecule has 3 nitrogen and oxygen atoms in total. The lowest BCUT2D eigenvalue weighted by molar-refractivity contribution is -0.140. The van der Waals surface area contributed by atoms with Crippen LogP contribution in [0.5, 0.6) is 0 Å². The molecular weight excluding hydrogens is 281 g/mol. The average molecular weight is 289 g/mol. The summed E-state index contributed by atoms with van der Waals surface area (Å²) < 4.78 is 65.1. The normalized spacial score (nSPS) is 12.8. The van der Waals surface area contributed by atoms with Crippen molar-refractivity contribution in [3.63, 3.8) is 0 Å². The molecular formula is C9H8ClF3O3S. The highest BCUT2D eigenvalue weighted by molar-refractivity contribution is 7.86. The fourth-order valence-electron chi connectivity index (χ4n) is 1.16. The first kappa shape index (κ1) is 14.3. The number of rotatable bonds is 3. The summed E-state index contributed by atoms with van der Waals surface area (Å²) in [6, 6.07) is 2.38. The van der Waals surface area contributed by atoms with E-state index in [1.807, 2.05) is 0 Å². The van der Waals surface area contributed by atoms with Crippen LogP contribution in [0, 0.1) is 0 Å². The Morgan fingerprint density at radius 3 is 2.41 bits per heavy atom. The van der Waals surface area contributed by atoms with Gasteiger partial charge in [0.15, 0.2) is 0 Å². The van der Waals surface area contributed by atoms with Crippen LogP contribution in [0.15, 0.2) is 23.1 Å². The van der Waals surface area contributed by atoms with E-state index in [0.717, 1.165) is 12.1 Å². The lowest BCUT2D eigenvalue weighted by Gasteiger charge is -2.12. The van der Waals surface area contributed by atoms with Gasteiger partial charge in [-0.15, -0.1) is 0 Å². The van der Waals surface area contributed by atoms with Crippen LogP contribution in [0.25, 0.3) is 0 Å². The third-order valence-electron chi connectivity index (χ3n) is 1.79. The predicted octanol–water partition coefficient (Wildman–Crippen LogP) is 3.08. The van der Waals surface area contributed by atoms with Gasteiger partial charge in [0.2, 0.25) is 0 Å². The molecule has 0 N–H and O–H groups in total. The van der Waals surface area contributed by atoms with Crippen molar-refractivity contribution < 1.29 is 25.8 Å². The molecule has 0 atom stereocenters. The first-order chi connectivity index (χ1) is 7.68. The summed E-state index contributed by atoms with van der Waals surface area (Å²) in [6.07, 6.45) is -4.82. The summed E-state index contributed by atoms with van der Waals surface area (Å²) in [5, 5.41) is -0.201. The molecule has 0 radical (unpaired) electrons. The van der Waals surface area contributed by atoms with Gasteiger partial charge in [-0.25, -0.2) is 0 Å². The molecule has 1 rings (SSSR count). The van der Waals surface area contributed by atoms with Gasteiger partial charge in [0, 0.05) is 5.02 Å². The molecule has 1 aromatic rings. The molecule has 0 fully saturated rings. The maximum atomic E-state index is 12.6. The van der Waals surface area contributed by atoms with E-state index in [1.165, 1.54) is 6.92 Å². The molecule has 0 spiro atoms. The summed E-state index contributed by atoms with van der Waals surface area (Å²) in [7, 11) is -4.42. The number of benzene rings is 1. The second kappa shape index (κ2) is 4.83. The first-order valence-electron chi connectivity index (χ1n) is 4.44. The molecule has 96 valence electrons. The average Bonchev–Trinajstić information content (AvgIpc) is 2.15. The van der Waals surface area contributed by atoms with Gasteiger partial charge in [-0.1, -0.05) is 11.6 Å². The molecule has 0 amide bonds. The Kier molecular flexibility index (Phi) is 4.06. The fraction of sp³-hybridized carbons (Fsp3) is 0.333. The number of alkyl halides is 3. The van der Waals surface area contributed by atoms with Crippen molar-refractivity contribution in [3.05, 3.63) is 28.8 Å². The van der Waals surface area contributed by atoms with Gasteiger partial charge in [0.1, 0.15) is 4.90 Å². The van der Waals surface area contributed by atoms with Gasteiger partial charge >= 0.3 is 6.18 Å². The Balaban J connectivity index is 3.45. The minimum atomic E-state index is -4.82. The smallest absolute Gasteiger partial charge is 0.267 e. The van der Waals surface area contributed by atoms with E-state index in [4.69, 9.17) is 11.6 Å². The number of hydrogen-bond donors (Lipinski definition) is 0. The van der Waals surface area contributed by atoms with Crippen LogP contribution >= 0.6 is 11.6 Å². The zero-order valence-corrected chi connectivity index (χ0v) is 10.2. The zero-order chi connectivity index (χ0) is 13.3. The second-order valence-electron chi connectivity index (χ2n) is 3.00. The quantitative estimate of drug-likeness (QED) is 0.803. The van der Waals surface area contributed by atoms with Crippen LogP contribution in [0.4, 0.5) is 13.2 Å². The Hall–Kier alpha value is -0.790. The molecule has 0 aliphatic rings. The van der Waals surface area contributed by atoms with Crippen LogP contribution in [0.2, 0.25) is 5.02 Å². The Morgan fingerprint density at radius 1 is 1.35 bits per heavy atom. The van der Waals surface area contributed by atoms with Gasteiger partial charge < -0.3 is 0 Å². The third-order valence-corrected chi connectivity index (χ3v) is 3.47. The highest BCUT2D eigenvalue weighted by Crippen LogP contribution is 2.36. The highest BCUT2D eigenvalue weighted by atomic mass is 35.5. The summed E-state index contributed by atoms with van der Waals surface area (Å²) >= 11 is 5.41. The first-order valence-corrected chi connectivity index (χ1v) is 6.23. The van der Waals surface area contributed by atoms with Gasteiger partial charge in [-0.05, 0) is 25.1 Å². The Morgan fingerprint density at radius 2 is 1.94 bits per heavy atom. The lowest BCUT2D eigenvalue weighted by Crippen LogP contribution is -2.15. The van der Waals surface area contributed by atoms with E-state index in [0.29, 0.717) is 6.07 Å². The molecule has 0 aliphatic carbocycles. The van der Waals surface area contributed by atoms with Crippen molar-refractivity contribution in [3.8, 4) is 0 Å². The standard InChI is InChI=1S/C9H8ClF3O3S/c1-2-16-17(14,15)8-4-3-6(10)5-7(8)9(11,12)13/h3-5H,2H2,1H3. The SMILES string of the molecule is CCOS(=O)(=O)c1ccc(Cl)cc1C(F)(F)F. The topological polar surface area (TPSA) is 43.4 Å². The van der Waals surface area contributed by atoms with Gasteiger partial charge in [-0.3, -0.25) is 4.18 Å². The maximum Gasteiger partial charge on any atom is 0.417 e. The highest BCUT2D eigenvalue weighted by Gasteiger charge is 2.37. The van der Waals surface area contributed by atoms with E-state index in [1.54, 1.807) is 0 Å². The summed E-state index contributed by atoms with van der Waals surface area (Å²) in [5.41, 5.74) is -1.33. The Bertz CT molecular complexity index is 511. The monoisotopic (exact) mass is 288 g/mol. The van der Waals surface area contributed by atoms with Gasteiger partial charge in [0.25, 0.3) is 10.1 Å². The van der Waals surface area contributed by atoms with Crippen molar-refractivity contribution in [1.82, 2.24) is 0 Å². The fourth-order valence-corrected chi connectivity index (χ4v) is 2.45. The van der Waals surface area contributed by atoms with Crippen LogP contribution in [-0.4, -0.2) is 15.0 Å². The lowest BCUT2D eigenvalue weighted by atomic mass is 10.2. The van der Waals surface area contributed by atoms with Crippen molar-refractivity contribution in [2.45, 2.75) is 18.0 Å². The molecule has 17 heavy (non-hydrogen) atoms. The number of hydrogen-bond acceptors (Lipinski definition) is 3. The molecule has 1 aromatic carbocycles. The molecule has 0 saturated carbocycles. The minimum Gasteiger partial charge on any atom is -0.267 e. The number of halogens is 4. The molecule has 0 aliphatic heterocycles. The summed E-state index contributed by atoms with van der Waals surface area (Å²) in [6.45, 7) is 1.11. The Labute approximate surface area is 101 Å². The largest absolute Gasteiger partial charge is 0.417 e. The van der Waals surface area contributed by atoms with Crippen molar-refractivity contribution in [2.24, 2.45) is 0 Å². The van der Waals surface area contributed by atoms with Crippen molar-refractivity contribution in [2.75, 3.05) is 6.61 Å². The molecule has 0 unspecified atom stereocenters. The second-order valence-corrected chi connectivity index (χ2v) is 5.02. The molecule has 0 aromatic heterocycles. The summed E-state index contributed by atoms with van der Waals surface area (Å²) in [4.78, 5) is -0.934.